The third kappa shape index (κ3) is 3.11. The smallest absolute Gasteiger partial charge is 0.341 e. The van der Waals surface area contributed by atoms with Crippen molar-refractivity contribution in [1.82, 2.24) is 9.55 Å². The lowest BCUT2D eigenvalue weighted by molar-refractivity contribution is 0.0695. The van der Waals surface area contributed by atoms with Crippen molar-refractivity contribution < 1.29 is 9.90 Å². The van der Waals surface area contributed by atoms with Crippen LogP contribution in [-0.4, -0.2) is 20.6 Å². The Kier molecular flexibility index (Phi) is 4.26. The lowest BCUT2D eigenvalue weighted by Crippen LogP contribution is -2.20. The average Bonchev–Trinajstić information content (AvgIpc) is 2.71. The molecule has 0 bridgehead atoms. The molecule has 0 aliphatic rings. The molecule has 5 heteroatoms. The molecule has 4 aromatic rings. The van der Waals surface area contributed by atoms with Gasteiger partial charge in [-0.05, 0) is 28.8 Å². The molecule has 0 fully saturated rings. The van der Waals surface area contributed by atoms with E-state index < -0.39 is 11.4 Å². The van der Waals surface area contributed by atoms with E-state index >= 15 is 0 Å². The van der Waals surface area contributed by atoms with E-state index in [-0.39, 0.29) is 11.1 Å². The van der Waals surface area contributed by atoms with Crippen molar-refractivity contribution in [2.45, 2.75) is 6.54 Å². The number of aromatic nitrogens is 2. The number of aromatic carboxylic acids is 1. The summed E-state index contributed by atoms with van der Waals surface area (Å²) in [7, 11) is 0. The number of nitrogens with zero attached hydrogens (tertiary/aromatic N) is 2. The van der Waals surface area contributed by atoms with E-state index in [1.807, 2.05) is 54.6 Å². The van der Waals surface area contributed by atoms with Crippen molar-refractivity contribution in [3.8, 4) is 11.1 Å². The molecule has 1 N–H and O–H groups in total. The first kappa shape index (κ1) is 16.7. The van der Waals surface area contributed by atoms with Gasteiger partial charge in [-0.3, -0.25) is 9.78 Å². The van der Waals surface area contributed by atoms with Crippen molar-refractivity contribution in [2.75, 3.05) is 0 Å². The number of carboxylic acids is 1. The second-order valence-electron chi connectivity index (χ2n) is 6.20. The summed E-state index contributed by atoms with van der Waals surface area (Å²) in [6.07, 6.45) is 2.90. The van der Waals surface area contributed by atoms with Crippen LogP contribution in [0.4, 0.5) is 0 Å². The summed E-state index contributed by atoms with van der Waals surface area (Å²) in [6.45, 7) is 0.424. The monoisotopic (exact) mass is 356 g/mol. The van der Waals surface area contributed by atoms with E-state index in [2.05, 4.69) is 4.98 Å². The minimum absolute atomic E-state index is 0.162. The maximum atomic E-state index is 12.4. The summed E-state index contributed by atoms with van der Waals surface area (Å²) >= 11 is 0. The van der Waals surface area contributed by atoms with Crippen LogP contribution in [-0.2, 0) is 6.54 Å². The molecule has 0 aliphatic carbocycles. The fourth-order valence-corrected chi connectivity index (χ4v) is 3.24. The second kappa shape index (κ2) is 6.88. The maximum Gasteiger partial charge on any atom is 0.341 e. The van der Waals surface area contributed by atoms with Crippen LogP contribution < -0.4 is 5.43 Å². The molecule has 27 heavy (non-hydrogen) atoms. The van der Waals surface area contributed by atoms with E-state index in [0.717, 1.165) is 16.7 Å². The van der Waals surface area contributed by atoms with Gasteiger partial charge in [0.25, 0.3) is 0 Å². The summed E-state index contributed by atoms with van der Waals surface area (Å²) in [6, 6.07) is 21.5. The molecular formula is C22H16N2O3. The van der Waals surface area contributed by atoms with Gasteiger partial charge >= 0.3 is 5.97 Å². The highest BCUT2D eigenvalue weighted by Gasteiger charge is 2.16. The van der Waals surface area contributed by atoms with Gasteiger partial charge in [0, 0.05) is 18.9 Å². The number of fused-ring (bicyclic) bond motifs is 1. The lowest BCUT2D eigenvalue weighted by Gasteiger charge is -2.15. The number of rotatable bonds is 4. The Morgan fingerprint density at radius 2 is 1.70 bits per heavy atom. The van der Waals surface area contributed by atoms with Crippen molar-refractivity contribution in [3.63, 3.8) is 0 Å². The Hall–Kier alpha value is -3.73. The Balaban J connectivity index is 1.90. The number of benzene rings is 2. The predicted molar refractivity (Wildman–Crippen MR) is 104 cm³/mol. The van der Waals surface area contributed by atoms with Crippen molar-refractivity contribution in [3.05, 3.63) is 100 Å². The van der Waals surface area contributed by atoms with Crippen LogP contribution in [0.2, 0.25) is 0 Å². The lowest BCUT2D eigenvalue weighted by atomic mass is 9.99. The molecule has 5 nitrogen and oxygen atoms in total. The summed E-state index contributed by atoms with van der Waals surface area (Å²) in [5, 5.41) is 9.41. The molecule has 2 aromatic heterocycles. The number of hydrogen-bond acceptors (Lipinski definition) is 3. The first-order valence-corrected chi connectivity index (χ1v) is 8.50. The summed E-state index contributed by atoms with van der Waals surface area (Å²) in [4.78, 5) is 28.0. The fourth-order valence-electron chi connectivity index (χ4n) is 3.24. The summed E-state index contributed by atoms with van der Waals surface area (Å²) < 4.78 is 1.77. The standard InChI is InChI=1S/C22H16N2O3/c25-21-18(22(26)27)14-24(19-11-6-12-23-20(19)21)13-16-9-4-5-10-17(16)15-7-2-1-3-8-15/h1-12,14H,13H2,(H,26,27). The van der Waals surface area contributed by atoms with Gasteiger partial charge < -0.3 is 9.67 Å². The first-order chi connectivity index (χ1) is 13.1. The molecule has 2 aromatic carbocycles. The fraction of sp³-hybridized carbons (Fsp3) is 0.0455. The molecule has 0 saturated heterocycles. The number of hydrogen-bond donors (Lipinski definition) is 1. The van der Waals surface area contributed by atoms with Crippen LogP contribution in [0.15, 0.2) is 83.9 Å². The van der Waals surface area contributed by atoms with E-state index in [0.29, 0.717) is 12.1 Å². The number of carboxylic acid groups (broad SMARTS) is 1. The van der Waals surface area contributed by atoms with Crippen LogP contribution in [0, 0.1) is 0 Å². The zero-order valence-corrected chi connectivity index (χ0v) is 14.4. The zero-order chi connectivity index (χ0) is 18.8. The van der Waals surface area contributed by atoms with Gasteiger partial charge in [-0.25, -0.2) is 4.79 Å². The van der Waals surface area contributed by atoms with E-state index in [1.165, 1.54) is 12.4 Å². The molecule has 2 heterocycles. The third-order valence-electron chi connectivity index (χ3n) is 4.51. The SMILES string of the molecule is O=C(O)c1cn(Cc2ccccc2-c2ccccc2)c2cccnc2c1=O. The average molecular weight is 356 g/mol. The highest BCUT2D eigenvalue weighted by Crippen LogP contribution is 2.25. The van der Waals surface area contributed by atoms with Gasteiger partial charge in [0.15, 0.2) is 0 Å². The van der Waals surface area contributed by atoms with Gasteiger partial charge in [0.1, 0.15) is 11.1 Å². The van der Waals surface area contributed by atoms with Crippen molar-refractivity contribution in [2.24, 2.45) is 0 Å². The molecule has 132 valence electrons. The predicted octanol–water partition coefficient (Wildman–Crippen LogP) is 3.81. The molecule has 4 rings (SSSR count). The molecule has 0 atom stereocenters. The van der Waals surface area contributed by atoms with Gasteiger partial charge in [-0.1, -0.05) is 54.6 Å². The van der Waals surface area contributed by atoms with Crippen LogP contribution in [0.5, 0.6) is 0 Å². The molecule has 0 radical (unpaired) electrons. The minimum atomic E-state index is -1.25. The summed E-state index contributed by atoms with van der Waals surface area (Å²) in [5.41, 5.74) is 3.09. The molecule has 0 aliphatic heterocycles. The Labute approximate surface area is 155 Å². The highest BCUT2D eigenvalue weighted by atomic mass is 16.4. The van der Waals surface area contributed by atoms with Crippen LogP contribution in [0.1, 0.15) is 15.9 Å². The zero-order valence-electron chi connectivity index (χ0n) is 14.4. The summed E-state index contributed by atoms with van der Waals surface area (Å²) in [5.74, 6) is -1.25. The van der Waals surface area contributed by atoms with Gasteiger partial charge in [0.2, 0.25) is 5.43 Å². The van der Waals surface area contributed by atoms with E-state index in [9.17, 15) is 14.7 Å². The van der Waals surface area contributed by atoms with Crippen LogP contribution >= 0.6 is 0 Å². The second-order valence-corrected chi connectivity index (χ2v) is 6.20. The Morgan fingerprint density at radius 1 is 0.963 bits per heavy atom. The first-order valence-electron chi connectivity index (χ1n) is 8.50. The molecular weight excluding hydrogens is 340 g/mol. The van der Waals surface area contributed by atoms with Crippen molar-refractivity contribution >= 4 is 17.0 Å². The maximum absolute atomic E-state index is 12.4. The van der Waals surface area contributed by atoms with E-state index in [1.54, 1.807) is 16.7 Å². The largest absolute Gasteiger partial charge is 0.477 e. The molecule has 0 amide bonds. The number of pyridine rings is 2. The van der Waals surface area contributed by atoms with Crippen molar-refractivity contribution in [1.29, 1.82) is 0 Å². The van der Waals surface area contributed by atoms with E-state index in [4.69, 9.17) is 0 Å². The highest BCUT2D eigenvalue weighted by molar-refractivity contribution is 5.91. The topological polar surface area (TPSA) is 72.2 Å². The Morgan fingerprint density at radius 3 is 2.48 bits per heavy atom. The minimum Gasteiger partial charge on any atom is -0.477 e. The van der Waals surface area contributed by atoms with Crippen LogP contribution in [0.25, 0.3) is 22.2 Å². The Bertz CT molecular complexity index is 1200. The normalized spacial score (nSPS) is 10.8. The van der Waals surface area contributed by atoms with Gasteiger partial charge in [0.05, 0.1) is 5.52 Å². The third-order valence-corrected chi connectivity index (χ3v) is 4.51. The van der Waals surface area contributed by atoms with Crippen LogP contribution in [0.3, 0.4) is 0 Å². The van der Waals surface area contributed by atoms with Gasteiger partial charge in [-0.2, -0.15) is 0 Å². The molecule has 0 saturated carbocycles. The molecule has 0 unspecified atom stereocenters. The number of carbonyl (C=O) groups is 1. The quantitative estimate of drug-likeness (QED) is 0.603. The molecule has 0 spiro atoms. The van der Waals surface area contributed by atoms with Gasteiger partial charge in [-0.15, -0.1) is 0 Å².